The average molecular weight is 255 g/mol. The molecule has 1 aromatic heterocycles. The molecule has 0 atom stereocenters. The number of carbonyl (C=O) groups excluding carboxylic acids is 1. The molecule has 0 radical (unpaired) electrons. The number of nitrogens with one attached hydrogen (secondary N) is 1. The summed E-state index contributed by atoms with van der Waals surface area (Å²) in [5, 5.41) is 3.10. The summed E-state index contributed by atoms with van der Waals surface area (Å²) in [6, 6.07) is 13.1. The number of hydrogen-bond donors (Lipinski definition) is 1. The zero-order chi connectivity index (χ0) is 13.7. The number of hydrogen-bond acceptors (Lipinski definition) is 3. The summed E-state index contributed by atoms with van der Waals surface area (Å²) in [4.78, 5) is 18.1. The molecule has 0 aliphatic carbocycles. The molecule has 0 bridgehead atoms. The highest BCUT2D eigenvalue weighted by atomic mass is 16.2. The third-order valence-corrected chi connectivity index (χ3v) is 2.82. The van der Waals surface area contributed by atoms with Crippen molar-refractivity contribution in [1.82, 2.24) is 4.98 Å². The van der Waals surface area contributed by atoms with Crippen molar-refractivity contribution in [2.45, 2.75) is 6.92 Å². The lowest BCUT2D eigenvalue weighted by atomic mass is 10.2. The third kappa shape index (κ3) is 3.10. The van der Waals surface area contributed by atoms with E-state index < -0.39 is 0 Å². The molecule has 0 fully saturated rings. The smallest absolute Gasteiger partial charge is 0.259 e. The summed E-state index contributed by atoms with van der Waals surface area (Å²) in [6.45, 7) is 2.81. The Morgan fingerprint density at radius 1 is 1.21 bits per heavy atom. The van der Waals surface area contributed by atoms with Crippen LogP contribution in [0.25, 0.3) is 0 Å². The first-order valence-electron chi connectivity index (χ1n) is 6.25. The van der Waals surface area contributed by atoms with Crippen molar-refractivity contribution in [2.75, 3.05) is 23.8 Å². The van der Waals surface area contributed by atoms with E-state index in [9.17, 15) is 4.79 Å². The Morgan fingerprint density at radius 3 is 2.53 bits per heavy atom. The van der Waals surface area contributed by atoms with Gasteiger partial charge >= 0.3 is 0 Å². The van der Waals surface area contributed by atoms with E-state index in [0.717, 1.165) is 18.1 Å². The molecule has 4 heteroatoms. The van der Waals surface area contributed by atoms with Crippen LogP contribution in [0.2, 0.25) is 0 Å². The van der Waals surface area contributed by atoms with Crippen molar-refractivity contribution in [3.8, 4) is 0 Å². The number of rotatable bonds is 4. The van der Waals surface area contributed by atoms with Crippen molar-refractivity contribution in [2.24, 2.45) is 0 Å². The monoisotopic (exact) mass is 255 g/mol. The van der Waals surface area contributed by atoms with Crippen LogP contribution in [-0.2, 0) is 0 Å². The Labute approximate surface area is 113 Å². The van der Waals surface area contributed by atoms with Crippen molar-refractivity contribution in [1.29, 1.82) is 0 Å². The normalized spacial score (nSPS) is 10.0. The van der Waals surface area contributed by atoms with Crippen molar-refractivity contribution >= 4 is 17.4 Å². The van der Waals surface area contributed by atoms with E-state index in [2.05, 4.69) is 10.3 Å². The number of anilines is 2. The number of pyridine rings is 1. The van der Waals surface area contributed by atoms with E-state index in [1.165, 1.54) is 0 Å². The van der Waals surface area contributed by atoms with Crippen molar-refractivity contribution in [3.63, 3.8) is 0 Å². The second-order valence-electron chi connectivity index (χ2n) is 4.16. The lowest BCUT2D eigenvalue weighted by Gasteiger charge is -2.17. The molecule has 0 aliphatic rings. The first-order chi connectivity index (χ1) is 9.22. The van der Waals surface area contributed by atoms with Gasteiger partial charge < -0.3 is 10.2 Å². The highest BCUT2D eigenvalue weighted by molar-refractivity contribution is 6.05. The molecule has 2 aromatic rings. The summed E-state index contributed by atoms with van der Waals surface area (Å²) in [7, 11) is 1.76. The Balaban J connectivity index is 2.15. The Hall–Kier alpha value is -2.36. The minimum absolute atomic E-state index is 0.0678. The second-order valence-corrected chi connectivity index (χ2v) is 4.16. The van der Waals surface area contributed by atoms with Gasteiger partial charge in [-0.15, -0.1) is 0 Å². The molecular weight excluding hydrogens is 238 g/mol. The van der Waals surface area contributed by atoms with Crippen molar-refractivity contribution < 1.29 is 4.79 Å². The highest BCUT2D eigenvalue weighted by Crippen LogP contribution is 2.15. The predicted molar refractivity (Wildman–Crippen MR) is 77.6 cm³/mol. The number of carbonyl (C=O) groups is 1. The van der Waals surface area contributed by atoms with Crippen molar-refractivity contribution in [3.05, 3.63) is 54.2 Å². The standard InChI is InChI=1S/C15H17N3O/c1-3-16-14-10-9-12(11-17-14)15(19)18(2)13-7-5-4-6-8-13/h4-11H,3H2,1-2H3,(H,16,17). The Bertz CT molecular complexity index is 537. The zero-order valence-corrected chi connectivity index (χ0v) is 11.1. The van der Waals surface area contributed by atoms with Gasteiger partial charge in [0.25, 0.3) is 5.91 Å². The molecular formula is C15H17N3O. The van der Waals surface area contributed by atoms with Crippen LogP contribution in [0.4, 0.5) is 11.5 Å². The van der Waals surface area contributed by atoms with Gasteiger partial charge in [0.2, 0.25) is 0 Å². The number of amides is 1. The van der Waals surface area contributed by atoms with E-state index in [4.69, 9.17) is 0 Å². The summed E-state index contributed by atoms with van der Waals surface area (Å²) in [5.41, 5.74) is 1.44. The van der Waals surface area contributed by atoms with E-state index in [0.29, 0.717) is 5.56 Å². The minimum atomic E-state index is -0.0678. The molecule has 1 N–H and O–H groups in total. The maximum Gasteiger partial charge on any atom is 0.259 e. The van der Waals surface area contributed by atoms with Crippen LogP contribution in [0.5, 0.6) is 0 Å². The van der Waals surface area contributed by atoms with Crippen LogP contribution >= 0.6 is 0 Å². The Kier molecular flexibility index (Phi) is 4.13. The van der Waals surface area contributed by atoms with Gasteiger partial charge in [-0.2, -0.15) is 0 Å². The van der Waals surface area contributed by atoms with E-state index in [-0.39, 0.29) is 5.91 Å². The van der Waals surface area contributed by atoms with E-state index >= 15 is 0 Å². The van der Waals surface area contributed by atoms with Crippen LogP contribution in [-0.4, -0.2) is 24.5 Å². The molecule has 2 rings (SSSR count). The van der Waals surface area contributed by atoms with Gasteiger partial charge in [-0.1, -0.05) is 18.2 Å². The van der Waals surface area contributed by atoms with Gasteiger partial charge in [0.15, 0.2) is 0 Å². The SMILES string of the molecule is CCNc1ccc(C(=O)N(C)c2ccccc2)cn1. The van der Waals surface area contributed by atoms with Gasteiger partial charge in [0, 0.05) is 25.5 Å². The maximum atomic E-state index is 12.3. The van der Waals surface area contributed by atoms with Crippen LogP contribution in [0.3, 0.4) is 0 Å². The molecule has 0 unspecified atom stereocenters. The zero-order valence-electron chi connectivity index (χ0n) is 11.1. The summed E-state index contributed by atoms with van der Waals surface area (Å²) in [5.74, 6) is 0.711. The Morgan fingerprint density at radius 2 is 1.95 bits per heavy atom. The topological polar surface area (TPSA) is 45.2 Å². The molecule has 1 aromatic carbocycles. The summed E-state index contributed by atoms with van der Waals surface area (Å²) >= 11 is 0. The molecule has 1 amide bonds. The molecule has 0 saturated carbocycles. The highest BCUT2D eigenvalue weighted by Gasteiger charge is 2.13. The van der Waals surface area contributed by atoms with Gasteiger partial charge in [-0.05, 0) is 31.2 Å². The van der Waals surface area contributed by atoms with Gasteiger partial charge in [0.05, 0.1) is 5.56 Å². The molecule has 0 saturated heterocycles. The minimum Gasteiger partial charge on any atom is -0.370 e. The molecule has 98 valence electrons. The summed E-state index contributed by atoms with van der Waals surface area (Å²) < 4.78 is 0. The fourth-order valence-electron chi connectivity index (χ4n) is 1.77. The van der Waals surface area contributed by atoms with Crippen LogP contribution in [0.1, 0.15) is 17.3 Å². The van der Waals surface area contributed by atoms with Crippen LogP contribution < -0.4 is 10.2 Å². The van der Waals surface area contributed by atoms with Gasteiger partial charge in [0.1, 0.15) is 5.82 Å². The predicted octanol–water partition coefficient (Wildman–Crippen LogP) is 2.79. The first kappa shape index (κ1) is 13.1. The van der Waals surface area contributed by atoms with E-state index in [1.807, 2.05) is 43.3 Å². The number of nitrogens with zero attached hydrogens (tertiary/aromatic N) is 2. The first-order valence-corrected chi connectivity index (χ1v) is 6.25. The lowest BCUT2D eigenvalue weighted by molar-refractivity contribution is 0.0992. The summed E-state index contributed by atoms with van der Waals surface area (Å²) in [6.07, 6.45) is 1.60. The average Bonchev–Trinajstić information content (AvgIpc) is 2.48. The lowest BCUT2D eigenvalue weighted by Crippen LogP contribution is -2.26. The largest absolute Gasteiger partial charge is 0.370 e. The van der Waals surface area contributed by atoms with Gasteiger partial charge in [-0.25, -0.2) is 4.98 Å². The number of aromatic nitrogens is 1. The quantitative estimate of drug-likeness (QED) is 0.913. The third-order valence-electron chi connectivity index (χ3n) is 2.82. The molecule has 19 heavy (non-hydrogen) atoms. The van der Waals surface area contributed by atoms with E-state index in [1.54, 1.807) is 24.2 Å². The maximum absolute atomic E-state index is 12.3. The molecule has 0 spiro atoms. The molecule has 0 aliphatic heterocycles. The fraction of sp³-hybridized carbons (Fsp3) is 0.200. The molecule has 4 nitrogen and oxygen atoms in total. The second kappa shape index (κ2) is 6.00. The molecule has 1 heterocycles. The fourth-order valence-corrected chi connectivity index (χ4v) is 1.77. The van der Waals surface area contributed by atoms with Crippen LogP contribution in [0, 0.1) is 0 Å². The van der Waals surface area contributed by atoms with Crippen LogP contribution in [0.15, 0.2) is 48.7 Å². The number of para-hydroxylation sites is 1. The van der Waals surface area contributed by atoms with Gasteiger partial charge in [-0.3, -0.25) is 4.79 Å². The number of benzene rings is 1.